The normalized spacial score (nSPS) is 25.5. The number of aromatic hydroxyl groups is 1. The summed E-state index contributed by atoms with van der Waals surface area (Å²) in [5.74, 6) is 0.717. The van der Waals surface area contributed by atoms with Gasteiger partial charge in [-0.25, -0.2) is 0 Å². The molecule has 0 aromatic heterocycles. The standard InChI is InChI=1S/C11H16N2O2/c1-7-6-12-11(13-7)8-4-3-5-9(15-2)10(8)14/h3-5,7,11-14H,6H2,1-2H3. The van der Waals surface area contributed by atoms with Crippen LogP contribution in [0.1, 0.15) is 18.7 Å². The summed E-state index contributed by atoms with van der Waals surface area (Å²) < 4.78 is 5.07. The molecule has 4 nitrogen and oxygen atoms in total. The Morgan fingerprint density at radius 3 is 2.87 bits per heavy atom. The van der Waals surface area contributed by atoms with Crippen molar-refractivity contribution in [1.82, 2.24) is 10.6 Å². The van der Waals surface area contributed by atoms with Crippen LogP contribution < -0.4 is 15.4 Å². The summed E-state index contributed by atoms with van der Waals surface area (Å²) in [4.78, 5) is 0. The zero-order valence-electron chi connectivity index (χ0n) is 8.95. The summed E-state index contributed by atoms with van der Waals surface area (Å²) in [5.41, 5.74) is 0.832. The van der Waals surface area contributed by atoms with Gasteiger partial charge in [-0.15, -0.1) is 0 Å². The topological polar surface area (TPSA) is 53.5 Å². The molecule has 2 atom stereocenters. The highest BCUT2D eigenvalue weighted by atomic mass is 16.5. The lowest BCUT2D eigenvalue weighted by Gasteiger charge is -2.15. The second kappa shape index (κ2) is 4.08. The molecule has 1 saturated heterocycles. The molecule has 1 aromatic rings. The Labute approximate surface area is 89.3 Å². The molecular formula is C11H16N2O2. The first kappa shape index (κ1) is 10.3. The van der Waals surface area contributed by atoms with E-state index in [1.807, 2.05) is 12.1 Å². The van der Waals surface area contributed by atoms with E-state index in [4.69, 9.17) is 4.74 Å². The van der Waals surface area contributed by atoms with Gasteiger partial charge in [0, 0.05) is 18.2 Å². The van der Waals surface area contributed by atoms with E-state index < -0.39 is 0 Å². The van der Waals surface area contributed by atoms with Crippen molar-refractivity contribution in [2.45, 2.75) is 19.1 Å². The minimum Gasteiger partial charge on any atom is -0.504 e. The van der Waals surface area contributed by atoms with Crippen LogP contribution in [0.3, 0.4) is 0 Å². The van der Waals surface area contributed by atoms with Gasteiger partial charge in [0.2, 0.25) is 0 Å². The highest BCUT2D eigenvalue weighted by Gasteiger charge is 2.24. The summed E-state index contributed by atoms with van der Waals surface area (Å²) in [6.07, 6.45) is 0.00935. The number of hydrogen-bond acceptors (Lipinski definition) is 4. The molecule has 0 spiro atoms. The average Bonchev–Trinajstić information content (AvgIpc) is 2.65. The van der Waals surface area contributed by atoms with Crippen molar-refractivity contribution < 1.29 is 9.84 Å². The smallest absolute Gasteiger partial charge is 0.163 e. The van der Waals surface area contributed by atoms with Crippen molar-refractivity contribution in [3.63, 3.8) is 0 Å². The van der Waals surface area contributed by atoms with Gasteiger partial charge < -0.3 is 9.84 Å². The van der Waals surface area contributed by atoms with Crippen LogP contribution in [0, 0.1) is 0 Å². The van der Waals surface area contributed by atoms with E-state index >= 15 is 0 Å². The number of rotatable bonds is 2. The second-order valence-electron chi connectivity index (χ2n) is 3.81. The summed E-state index contributed by atoms with van der Waals surface area (Å²) in [5, 5.41) is 16.6. The van der Waals surface area contributed by atoms with Gasteiger partial charge in [0.25, 0.3) is 0 Å². The van der Waals surface area contributed by atoms with Crippen LogP contribution in [0.15, 0.2) is 18.2 Å². The highest BCUT2D eigenvalue weighted by Crippen LogP contribution is 2.33. The first-order chi connectivity index (χ1) is 7.22. The molecule has 1 aliphatic rings. The molecule has 3 N–H and O–H groups in total. The lowest BCUT2D eigenvalue weighted by atomic mass is 10.1. The van der Waals surface area contributed by atoms with E-state index in [9.17, 15) is 5.11 Å². The molecule has 4 heteroatoms. The first-order valence-corrected chi connectivity index (χ1v) is 5.07. The lowest BCUT2D eigenvalue weighted by Crippen LogP contribution is -2.24. The molecule has 0 aliphatic carbocycles. The summed E-state index contributed by atoms with van der Waals surface area (Å²) in [6, 6.07) is 5.93. The molecular weight excluding hydrogens is 192 g/mol. The lowest BCUT2D eigenvalue weighted by molar-refractivity contribution is 0.365. The van der Waals surface area contributed by atoms with E-state index in [-0.39, 0.29) is 11.9 Å². The van der Waals surface area contributed by atoms with Crippen LogP contribution in [0.4, 0.5) is 0 Å². The molecule has 15 heavy (non-hydrogen) atoms. The SMILES string of the molecule is COc1cccc(C2NCC(C)N2)c1O. The number of benzene rings is 1. The van der Waals surface area contributed by atoms with Crippen LogP contribution in [0.2, 0.25) is 0 Å². The van der Waals surface area contributed by atoms with Crippen molar-refractivity contribution in [2.24, 2.45) is 0 Å². The van der Waals surface area contributed by atoms with Gasteiger partial charge in [0.15, 0.2) is 11.5 Å². The van der Waals surface area contributed by atoms with E-state index in [2.05, 4.69) is 17.6 Å². The van der Waals surface area contributed by atoms with Gasteiger partial charge >= 0.3 is 0 Å². The van der Waals surface area contributed by atoms with Gasteiger partial charge in [0.05, 0.1) is 13.3 Å². The number of hydrogen-bond donors (Lipinski definition) is 3. The molecule has 1 heterocycles. The summed E-state index contributed by atoms with van der Waals surface area (Å²) in [6.45, 7) is 3.01. The number of para-hydroxylation sites is 1. The van der Waals surface area contributed by atoms with E-state index in [1.54, 1.807) is 13.2 Å². The zero-order chi connectivity index (χ0) is 10.8. The third-order valence-corrected chi connectivity index (χ3v) is 2.64. The Bertz CT molecular complexity index is 354. The fourth-order valence-corrected chi connectivity index (χ4v) is 1.83. The predicted octanol–water partition coefficient (Wildman–Crippen LogP) is 0.981. The van der Waals surface area contributed by atoms with Gasteiger partial charge in [-0.05, 0) is 13.0 Å². The van der Waals surface area contributed by atoms with Crippen molar-refractivity contribution in [3.05, 3.63) is 23.8 Å². The van der Waals surface area contributed by atoms with Crippen molar-refractivity contribution in [3.8, 4) is 11.5 Å². The van der Waals surface area contributed by atoms with Gasteiger partial charge in [-0.1, -0.05) is 12.1 Å². The monoisotopic (exact) mass is 208 g/mol. The number of phenolic OH excluding ortho intramolecular Hbond substituents is 1. The van der Waals surface area contributed by atoms with Crippen LogP contribution in [-0.4, -0.2) is 24.8 Å². The van der Waals surface area contributed by atoms with Crippen LogP contribution in [0.5, 0.6) is 11.5 Å². The molecule has 2 unspecified atom stereocenters. The Morgan fingerprint density at radius 2 is 2.27 bits per heavy atom. The second-order valence-corrected chi connectivity index (χ2v) is 3.81. The Morgan fingerprint density at radius 1 is 1.47 bits per heavy atom. The quantitative estimate of drug-likeness (QED) is 0.678. The largest absolute Gasteiger partial charge is 0.504 e. The van der Waals surface area contributed by atoms with Gasteiger partial charge in [-0.3, -0.25) is 10.6 Å². The zero-order valence-corrected chi connectivity index (χ0v) is 8.95. The predicted molar refractivity (Wildman–Crippen MR) is 58.0 cm³/mol. The maximum Gasteiger partial charge on any atom is 0.163 e. The van der Waals surface area contributed by atoms with Gasteiger partial charge in [0.1, 0.15) is 0 Å². The third-order valence-electron chi connectivity index (χ3n) is 2.64. The molecule has 0 radical (unpaired) electrons. The van der Waals surface area contributed by atoms with E-state index in [0.717, 1.165) is 12.1 Å². The Hall–Kier alpha value is -1.26. The van der Waals surface area contributed by atoms with E-state index in [0.29, 0.717) is 11.8 Å². The highest BCUT2D eigenvalue weighted by molar-refractivity contribution is 5.46. The minimum absolute atomic E-state index is 0.00935. The molecule has 0 bridgehead atoms. The molecule has 2 rings (SSSR count). The van der Waals surface area contributed by atoms with Crippen molar-refractivity contribution in [2.75, 3.05) is 13.7 Å². The molecule has 1 aliphatic heterocycles. The van der Waals surface area contributed by atoms with Gasteiger partial charge in [-0.2, -0.15) is 0 Å². The fraction of sp³-hybridized carbons (Fsp3) is 0.455. The van der Waals surface area contributed by atoms with Crippen molar-refractivity contribution >= 4 is 0 Å². The number of ether oxygens (including phenoxy) is 1. The number of nitrogens with one attached hydrogen (secondary N) is 2. The van der Waals surface area contributed by atoms with Crippen LogP contribution in [-0.2, 0) is 0 Å². The number of phenols is 1. The number of methoxy groups -OCH3 is 1. The van der Waals surface area contributed by atoms with Crippen molar-refractivity contribution in [1.29, 1.82) is 0 Å². The molecule has 0 amide bonds. The van der Waals surface area contributed by atoms with Crippen LogP contribution >= 0.6 is 0 Å². The molecule has 82 valence electrons. The fourth-order valence-electron chi connectivity index (χ4n) is 1.83. The van der Waals surface area contributed by atoms with E-state index in [1.165, 1.54) is 0 Å². The third kappa shape index (κ3) is 1.91. The Kier molecular flexibility index (Phi) is 2.79. The molecule has 0 saturated carbocycles. The molecule has 1 aromatic carbocycles. The van der Waals surface area contributed by atoms with Crippen LogP contribution in [0.25, 0.3) is 0 Å². The Balaban J connectivity index is 2.28. The maximum absolute atomic E-state index is 9.93. The minimum atomic E-state index is 0.00935. The first-order valence-electron chi connectivity index (χ1n) is 5.07. The molecule has 1 fully saturated rings. The maximum atomic E-state index is 9.93. The summed E-state index contributed by atoms with van der Waals surface area (Å²) in [7, 11) is 1.55. The summed E-state index contributed by atoms with van der Waals surface area (Å²) >= 11 is 0. The average molecular weight is 208 g/mol.